The van der Waals surface area contributed by atoms with Crippen LogP contribution in [0.5, 0.6) is 0 Å². The lowest BCUT2D eigenvalue weighted by Crippen LogP contribution is -2.38. The number of rotatable bonds is 5. The van der Waals surface area contributed by atoms with Crippen molar-refractivity contribution in [2.45, 2.75) is 20.8 Å². The van der Waals surface area contributed by atoms with Crippen molar-refractivity contribution in [3.63, 3.8) is 0 Å². The fourth-order valence-corrected chi connectivity index (χ4v) is 2.40. The number of aryl methyl sites for hydroxylation is 1. The van der Waals surface area contributed by atoms with Crippen molar-refractivity contribution in [2.75, 3.05) is 13.1 Å². The van der Waals surface area contributed by atoms with E-state index in [0.29, 0.717) is 12.2 Å². The number of nitrogens with zero attached hydrogens (tertiary/aromatic N) is 4. The first-order valence-corrected chi connectivity index (χ1v) is 7.83. The zero-order valence-electron chi connectivity index (χ0n) is 14.1. The Morgan fingerprint density at radius 2 is 2.04 bits per heavy atom. The van der Waals surface area contributed by atoms with Crippen molar-refractivity contribution in [2.24, 2.45) is 5.92 Å². The highest BCUT2D eigenvalue weighted by Crippen LogP contribution is 2.09. The van der Waals surface area contributed by atoms with E-state index in [9.17, 15) is 9.59 Å². The smallest absolute Gasteiger partial charge is 0.278 e. The lowest BCUT2D eigenvalue weighted by molar-refractivity contribution is 0.0743. The van der Waals surface area contributed by atoms with Gasteiger partial charge in [0.25, 0.3) is 5.91 Å². The van der Waals surface area contributed by atoms with Crippen LogP contribution in [0.15, 0.2) is 41.2 Å². The molecule has 24 heavy (non-hydrogen) atoms. The highest BCUT2D eigenvalue weighted by atomic mass is 16.2. The molecule has 2 rings (SSSR count). The number of para-hydroxylation sites is 1. The summed E-state index contributed by atoms with van der Waals surface area (Å²) >= 11 is 0. The number of carbonyl (C=O) groups is 1. The summed E-state index contributed by atoms with van der Waals surface area (Å²) in [5.74, 6) is -0.759. The van der Waals surface area contributed by atoms with Crippen molar-refractivity contribution in [3.8, 4) is 11.8 Å². The molecule has 6 nitrogen and oxygen atoms in total. The molecule has 0 bridgehead atoms. The average Bonchev–Trinajstić information content (AvgIpc) is 2.59. The van der Waals surface area contributed by atoms with E-state index in [4.69, 9.17) is 5.26 Å². The first kappa shape index (κ1) is 17.4. The molecular weight excluding hydrogens is 304 g/mol. The summed E-state index contributed by atoms with van der Waals surface area (Å²) < 4.78 is 1.58. The molecule has 0 unspecified atom stereocenters. The Kier molecular flexibility index (Phi) is 5.48. The standard InChI is InChI=1S/C18H20N4O2/c1-4-21(12-13(2)11-19)18(24)17-16(23)10-14(3)22(20-17)15-8-6-5-7-9-15/h5-10,13H,4,12H2,1-3H3/t13-/m1/s1. The van der Waals surface area contributed by atoms with Gasteiger partial charge in [0.2, 0.25) is 5.43 Å². The largest absolute Gasteiger partial charge is 0.336 e. The normalized spacial score (nSPS) is 11.6. The second kappa shape index (κ2) is 7.55. The molecule has 1 heterocycles. The number of nitriles is 1. The summed E-state index contributed by atoms with van der Waals surface area (Å²) in [7, 11) is 0. The molecule has 0 radical (unpaired) electrons. The van der Waals surface area contributed by atoms with Crippen LogP contribution in [0.2, 0.25) is 0 Å². The zero-order chi connectivity index (χ0) is 17.7. The summed E-state index contributed by atoms with van der Waals surface area (Å²) in [6, 6.07) is 12.8. The van der Waals surface area contributed by atoms with Crippen LogP contribution in [0.3, 0.4) is 0 Å². The van der Waals surface area contributed by atoms with Gasteiger partial charge in [-0.05, 0) is 32.9 Å². The Morgan fingerprint density at radius 3 is 2.62 bits per heavy atom. The van der Waals surface area contributed by atoms with Gasteiger partial charge >= 0.3 is 0 Å². The maximum Gasteiger partial charge on any atom is 0.278 e. The Hall–Kier alpha value is -2.94. The maximum atomic E-state index is 12.7. The summed E-state index contributed by atoms with van der Waals surface area (Å²) in [5.41, 5.74) is 0.887. The average molecular weight is 324 g/mol. The molecule has 0 aliphatic heterocycles. The quantitative estimate of drug-likeness (QED) is 0.844. The van der Waals surface area contributed by atoms with Crippen LogP contribution >= 0.6 is 0 Å². The van der Waals surface area contributed by atoms with Gasteiger partial charge in [-0.15, -0.1) is 0 Å². The molecule has 0 saturated carbocycles. The third-order valence-electron chi connectivity index (χ3n) is 3.69. The van der Waals surface area contributed by atoms with E-state index >= 15 is 0 Å². The molecular formula is C18H20N4O2. The predicted molar refractivity (Wildman–Crippen MR) is 90.9 cm³/mol. The lowest BCUT2D eigenvalue weighted by Gasteiger charge is -2.21. The molecule has 6 heteroatoms. The van der Waals surface area contributed by atoms with E-state index in [2.05, 4.69) is 11.2 Å². The Morgan fingerprint density at radius 1 is 1.38 bits per heavy atom. The SMILES string of the molecule is CCN(C[C@H](C)C#N)C(=O)c1nn(-c2ccccc2)c(C)cc1=O. The third-order valence-corrected chi connectivity index (χ3v) is 3.69. The van der Waals surface area contributed by atoms with Gasteiger partial charge in [-0.25, -0.2) is 4.68 Å². The van der Waals surface area contributed by atoms with Gasteiger partial charge in [-0.2, -0.15) is 10.4 Å². The highest BCUT2D eigenvalue weighted by Gasteiger charge is 2.22. The molecule has 1 aromatic carbocycles. The van der Waals surface area contributed by atoms with Gasteiger partial charge in [0, 0.05) is 24.8 Å². The predicted octanol–water partition coefficient (Wildman–Crippen LogP) is 2.16. The number of aromatic nitrogens is 2. The molecule has 0 saturated heterocycles. The number of carbonyl (C=O) groups excluding carboxylic acids is 1. The fourth-order valence-electron chi connectivity index (χ4n) is 2.40. The van der Waals surface area contributed by atoms with Crippen LogP contribution in [0.4, 0.5) is 0 Å². The van der Waals surface area contributed by atoms with Crippen molar-refractivity contribution < 1.29 is 4.79 Å². The van der Waals surface area contributed by atoms with Crippen LogP contribution in [0.25, 0.3) is 5.69 Å². The molecule has 0 spiro atoms. The van der Waals surface area contributed by atoms with Crippen LogP contribution in [0.1, 0.15) is 30.0 Å². The Balaban J connectivity index is 2.45. The summed E-state index contributed by atoms with van der Waals surface area (Å²) in [4.78, 5) is 26.4. The van der Waals surface area contributed by atoms with E-state index in [1.165, 1.54) is 11.0 Å². The fraction of sp³-hybridized carbons (Fsp3) is 0.333. The molecule has 0 fully saturated rings. The number of amides is 1. The second-order valence-corrected chi connectivity index (χ2v) is 5.62. The van der Waals surface area contributed by atoms with Crippen molar-refractivity contribution in [1.29, 1.82) is 5.26 Å². The molecule has 0 aliphatic rings. The van der Waals surface area contributed by atoms with Crippen molar-refractivity contribution in [3.05, 3.63) is 58.0 Å². The minimum absolute atomic E-state index is 0.128. The van der Waals surface area contributed by atoms with Crippen LogP contribution in [-0.4, -0.2) is 33.7 Å². The van der Waals surface area contributed by atoms with Gasteiger partial charge in [0.15, 0.2) is 5.69 Å². The van der Waals surface area contributed by atoms with Crippen molar-refractivity contribution >= 4 is 5.91 Å². The Bertz CT molecular complexity index is 821. The zero-order valence-corrected chi connectivity index (χ0v) is 14.1. The highest BCUT2D eigenvalue weighted by molar-refractivity contribution is 5.92. The molecule has 2 aromatic rings. The molecule has 1 amide bonds. The van der Waals surface area contributed by atoms with Crippen LogP contribution in [0, 0.1) is 24.2 Å². The maximum absolute atomic E-state index is 12.7. The molecule has 0 aliphatic carbocycles. The first-order valence-electron chi connectivity index (χ1n) is 7.83. The summed E-state index contributed by atoms with van der Waals surface area (Å²) in [6.07, 6.45) is 0. The van der Waals surface area contributed by atoms with E-state index in [0.717, 1.165) is 5.69 Å². The van der Waals surface area contributed by atoms with Crippen LogP contribution in [-0.2, 0) is 0 Å². The van der Waals surface area contributed by atoms with Gasteiger partial charge in [0.05, 0.1) is 17.7 Å². The molecule has 124 valence electrons. The van der Waals surface area contributed by atoms with Gasteiger partial charge < -0.3 is 4.90 Å². The van der Waals surface area contributed by atoms with E-state index in [1.54, 1.807) is 18.5 Å². The molecule has 0 N–H and O–H groups in total. The minimum Gasteiger partial charge on any atom is -0.336 e. The minimum atomic E-state index is -0.450. The first-order chi connectivity index (χ1) is 11.5. The van der Waals surface area contributed by atoms with Crippen LogP contribution < -0.4 is 5.43 Å². The van der Waals surface area contributed by atoms with Gasteiger partial charge in [0.1, 0.15) is 0 Å². The number of benzene rings is 1. The van der Waals surface area contributed by atoms with Gasteiger partial charge in [-0.3, -0.25) is 9.59 Å². The van der Waals surface area contributed by atoms with E-state index < -0.39 is 11.3 Å². The number of hydrogen-bond donors (Lipinski definition) is 0. The van der Waals surface area contributed by atoms with E-state index in [1.807, 2.05) is 37.3 Å². The molecule has 1 aromatic heterocycles. The third kappa shape index (κ3) is 3.69. The summed E-state index contributed by atoms with van der Waals surface area (Å²) in [5, 5.41) is 13.2. The monoisotopic (exact) mass is 324 g/mol. The lowest BCUT2D eigenvalue weighted by atomic mass is 10.2. The van der Waals surface area contributed by atoms with Crippen molar-refractivity contribution in [1.82, 2.24) is 14.7 Å². The summed E-state index contributed by atoms with van der Waals surface area (Å²) in [6.45, 7) is 6.00. The second-order valence-electron chi connectivity index (χ2n) is 5.62. The molecule has 1 atom stereocenters. The topological polar surface area (TPSA) is 79.0 Å². The Labute approximate surface area is 141 Å². The van der Waals surface area contributed by atoms with Gasteiger partial charge in [-0.1, -0.05) is 18.2 Å². The van der Waals surface area contributed by atoms with E-state index in [-0.39, 0.29) is 18.2 Å². The number of hydrogen-bond acceptors (Lipinski definition) is 4.